The van der Waals surface area contributed by atoms with Gasteiger partial charge in [0.15, 0.2) is 17.3 Å². The van der Waals surface area contributed by atoms with Gasteiger partial charge in [0, 0.05) is 19.3 Å². The molecule has 0 N–H and O–H groups in total. The molecule has 0 fully saturated rings. The van der Waals surface area contributed by atoms with Gasteiger partial charge in [-0.25, -0.2) is 14.8 Å². The molecule has 9 heteroatoms. The third-order valence-electron chi connectivity index (χ3n) is 4.44. The maximum atomic E-state index is 12.1. The molecule has 0 saturated heterocycles. The van der Waals surface area contributed by atoms with Crippen LogP contribution in [-0.4, -0.2) is 48.0 Å². The molecule has 0 aliphatic heterocycles. The van der Waals surface area contributed by atoms with Crippen LogP contribution in [0.25, 0.3) is 22.6 Å². The minimum Gasteiger partial charge on any atom is -0.463 e. The first-order valence-corrected chi connectivity index (χ1v) is 10.0. The Hall–Kier alpha value is -2.97. The second kappa shape index (κ2) is 9.99. The molecule has 3 aromatic rings. The number of rotatable bonds is 7. The lowest BCUT2D eigenvalue weighted by atomic mass is 10.2. The molecule has 0 spiro atoms. The summed E-state index contributed by atoms with van der Waals surface area (Å²) in [6.07, 6.45) is 2.93. The average molecular weight is 402 g/mol. The van der Waals surface area contributed by atoms with Gasteiger partial charge in [0.05, 0.1) is 18.4 Å². The molecule has 3 aromatic heterocycles. The van der Waals surface area contributed by atoms with Crippen molar-refractivity contribution in [2.75, 3.05) is 6.61 Å². The molecule has 3 rings (SSSR count). The van der Waals surface area contributed by atoms with Gasteiger partial charge in [-0.2, -0.15) is 10.1 Å². The van der Waals surface area contributed by atoms with Crippen molar-refractivity contribution in [1.82, 2.24) is 29.3 Å². The van der Waals surface area contributed by atoms with E-state index in [0.29, 0.717) is 24.2 Å². The molecule has 0 radical (unpaired) electrons. The normalized spacial score (nSPS) is 11.7. The molecule has 0 aromatic carbocycles. The lowest BCUT2D eigenvalue weighted by molar-refractivity contribution is -0.151. The van der Waals surface area contributed by atoms with Gasteiger partial charge in [-0.15, -0.1) is 0 Å². The van der Waals surface area contributed by atoms with Gasteiger partial charge >= 0.3 is 5.97 Å². The summed E-state index contributed by atoms with van der Waals surface area (Å²) in [7, 11) is 1.88. The molecular formula is C20H30N6O3. The number of fused-ring (bicyclic) bond motifs is 1. The van der Waals surface area contributed by atoms with Crippen molar-refractivity contribution in [3.63, 3.8) is 0 Å². The number of nitrogens with zero attached hydrogens (tertiary/aromatic N) is 6. The zero-order valence-corrected chi connectivity index (χ0v) is 18.3. The second-order valence-corrected chi connectivity index (χ2v) is 6.07. The minimum absolute atomic E-state index is 0.266. The summed E-state index contributed by atoms with van der Waals surface area (Å²) in [5.74, 6) is 0.571. The van der Waals surface area contributed by atoms with E-state index in [1.165, 1.54) is 6.33 Å². The average Bonchev–Trinajstić information content (AvgIpc) is 3.27. The summed E-state index contributed by atoms with van der Waals surface area (Å²) < 4.78 is 14.7. The number of carbonyl (C=O) groups excluding carboxylic acids is 1. The summed E-state index contributed by atoms with van der Waals surface area (Å²) in [6.45, 7) is 12.7. The van der Waals surface area contributed by atoms with E-state index in [2.05, 4.69) is 15.1 Å². The van der Waals surface area contributed by atoms with E-state index in [0.717, 1.165) is 23.6 Å². The van der Waals surface area contributed by atoms with E-state index in [1.54, 1.807) is 13.1 Å². The number of aromatic nitrogens is 6. The fourth-order valence-corrected chi connectivity index (χ4v) is 2.96. The van der Waals surface area contributed by atoms with E-state index in [-0.39, 0.29) is 5.88 Å². The SMILES string of the molecule is CC.CCOC(=O)C(CC)Oc1ncnc2c1nc(-c1cnn(CC)c1C)n2C. The molecule has 0 amide bonds. The molecule has 1 atom stereocenters. The smallest absolute Gasteiger partial charge is 0.347 e. The number of aryl methyl sites for hydroxylation is 2. The summed E-state index contributed by atoms with van der Waals surface area (Å²) in [5, 5.41) is 4.38. The molecule has 0 aliphatic carbocycles. The van der Waals surface area contributed by atoms with Gasteiger partial charge in [0.25, 0.3) is 0 Å². The molecular weight excluding hydrogens is 372 g/mol. The van der Waals surface area contributed by atoms with Crippen molar-refractivity contribution in [1.29, 1.82) is 0 Å². The number of esters is 1. The lowest BCUT2D eigenvalue weighted by Gasteiger charge is -2.15. The van der Waals surface area contributed by atoms with Crippen molar-refractivity contribution < 1.29 is 14.3 Å². The topological polar surface area (TPSA) is 97.0 Å². The second-order valence-electron chi connectivity index (χ2n) is 6.07. The largest absolute Gasteiger partial charge is 0.463 e. The van der Waals surface area contributed by atoms with Gasteiger partial charge in [-0.3, -0.25) is 4.68 Å². The number of hydrogen-bond donors (Lipinski definition) is 0. The monoisotopic (exact) mass is 402 g/mol. The summed E-state index contributed by atoms with van der Waals surface area (Å²) >= 11 is 0. The maximum absolute atomic E-state index is 12.1. The fraction of sp³-hybridized carbons (Fsp3) is 0.550. The van der Waals surface area contributed by atoms with Crippen LogP contribution in [0.4, 0.5) is 0 Å². The molecule has 29 heavy (non-hydrogen) atoms. The van der Waals surface area contributed by atoms with Gasteiger partial charge in [-0.05, 0) is 27.2 Å². The van der Waals surface area contributed by atoms with Crippen LogP contribution < -0.4 is 4.74 Å². The highest BCUT2D eigenvalue weighted by Crippen LogP contribution is 2.29. The van der Waals surface area contributed by atoms with Crippen LogP contribution in [0.15, 0.2) is 12.5 Å². The first kappa shape index (κ1) is 22.3. The van der Waals surface area contributed by atoms with E-state index in [9.17, 15) is 4.79 Å². The quantitative estimate of drug-likeness (QED) is 0.559. The van der Waals surface area contributed by atoms with E-state index in [1.807, 2.05) is 50.9 Å². The number of ether oxygens (including phenoxy) is 2. The van der Waals surface area contributed by atoms with Crippen LogP contribution in [0.3, 0.4) is 0 Å². The Labute approximate surface area is 171 Å². The molecule has 0 aliphatic rings. The summed E-state index contributed by atoms with van der Waals surface area (Å²) in [5.41, 5.74) is 3.06. The van der Waals surface area contributed by atoms with Crippen LogP contribution >= 0.6 is 0 Å². The Balaban J connectivity index is 0.00000145. The highest BCUT2D eigenvalue weighted by molar-refractivity contribution is 5.82. The Morgan fingerprint density at radius 2 is 1.93 bits per heavy atom. The molecule has 0 saturated carbocycles. The number of hydrogen-bond acceptors (Lipinski definition) is 7. The predicted octanol–water partition coefficient (Wildman–Crippen LogP) is 3.30. The minimum atomic E-state index is -0.738. The molecule has 0 bridgehead atoms. The van der Waals surface area contributed by atoms with Crippen molar-refractivity contribution in [3.05, 3.63) is 18.2 Å². The van der Waals surface area contributed by atoms with Crippen molar-refractivity contribution in [2.24, 2.45) is 7.05 Å². The van der Waals surface area contributed by atoms with Gasteiger partial charge in [0.1, 0.15) is 12.2 Å². The Morgan fingerprint density at radius 1 is 1.21 bits per heavy atom. The van der Waals surface area contributed by atoms with Crippen LogP contribution in [0.1, 0.15) is 46.7 Å². The van der Waals surface area contributed by atoms with Crippen molar-refractivity contribution in [2.45, 2.75) is 60.6 Å². The highest BCUT2D eigenvalue weighted by Gasteiger charge is 2.24. The fourth-order valence-electron chi connectivity index (χ4n) is 2.96. The van der Waals surface area contributed by atoms with E-state index in [4.69, 9.17) is 14.5 Å². The lowest BCUT2D eigenvalue weighted by Crippen LogP contribution is -2.29. The standard InChI is InChI=1S/C18H24N6O3.C2H6/c1-6-13(18(25)26-8-3)27-17-14-16(19-10-20-17)23(5)15(22-14)12-9-21-24(7-2)11(12)4;1-2/h9-10,13H,6-8H2,1-5H3;1-2H3. The Kier molecular flexibility index (Phi) is 7.69. The first-order chi connectivity index (χ1) is 14.0. The third-order valence-corrected chi connectivity index (χ3v) is 4.44. The summed E-state index contributed by atoms with van der Waals surface area (Å²) in [6, 6.07) is 0. The zero-order valence-electron chi connectivity index (χ0n) is 18.3. The molecule has 9 nitrogen and oxygen atoms in total. The van der Waals surface area contributed by atoms with Crippen molar-refractivity contribution in [3.8, 4) is 17.3 Å². The molecule has 1 unspecified atom stereocenters. The maximum Gasteiger partial charge on any atom is 0.347 e. The van der Waals surface area contributed by atoms with Crippen LogP contribution in [0, 0.1) is 6.92 Å². The van der Waals surface area contributed by atoms with Crippen LogP contribution in [0.5, 0.6) is 5.88 Å². The van der Waals surface area contributed by atoms with Crippen molar-refractivity contribution >= 4 is 17.1 Å². The van der Waals surface area contributed by atoms with E-state index >= 15 is 0 Å². The summed E-state index contributed by atoms with van der Waals surface area (Å²) in [4.78, 5) is 25.3. The van der Waals surface area contributed by atoms with Crippen LogP contribution in [-0.2, 0) is 23.1 Å². The Morgan fingerprint density at radius 3 is 2.52 bits per heavy atom. The van der Waals surface area contributed by atoms with Gasteiger partial charge in [0.2, 0.25) is 5.88 Å². The van der Waals surface area contributed by atoms with Crippen LogP contribution in [0.2, 0.25) is 0 Å². The molecule has 3 heterocycles. The third kappa shape index (κ3) is 4.38. The number of carbonyl (C=O) groups is 1. The van der Waals surface area contributed by atoms with Gasteiger partial charge < -0.3 is 14.0 Å². The first-order valence-electron chi connectivity index (χ1n) is 10.0. The highest BCUT2D eigenvalue weighted by atomic mass is 16.6. The van der Waals surface area contributed by atoms with E-state index < -0.39 is 12.1 Å². The molecule has 158 valence electrons. The van der Waals surface area contributed by atoms with Gasteiger partial charge in [-0.1, -0.05) is 20.8 Å². The predicted molar refractivity (Wildman–Crippen MR) is 111 cm³/mol. The zero-order chi connectivity index (χ0) is 21.6. The Bertz CT molecular complexity index is 963. The number of imidazole rings is 1.